The lowest BCUT2D eigenvalue weighted by Crippen LogP contribution is -2.35. The smallest absolute Gasteiger partial charge is 0.258 e. The van der Waals surface area contributed by atoms with Crippen LogP contribution in [0.4, 0.5) is 0 Å². The Morgan fingerprint density at radius 2 is 2.12 bits per heavy atom. The lowest BCUT2D eigenvalue weighted by molar-refractivity contribution is -0.122. The molecule has 0 radical (unpaired) electrons. The van der Waals surface area contributed by atoms with Crippen LogP contribution in [-0.4, -0.2) is 34.4 Å². The fraction of sp³-hybridized carbons (Fsp3) is 0.235. The number of H-pyrrole nitrogens is 1. The molecule has 0 aliphatic heterocycles. The molecule has 24 heavy (non-hydrogen) atoms. The summed E-state index contributed by atoms with van der Waals surface area (Å²) in [5.74, 6) is 1.10. The first-order chi connectivity index (χ1) is 11.6. The summed E-state index contributed by atoms with van der Waals surface area (Å²) in [4.78, 5) is 32.9. The molecule has 2 aromatic heterocycles. The summed E-state index contributed by atoms with van der Waals surface area (Å²) < 4.78 is 5.16. The number of hydrogen-bond acceptors (Lipinski definition) is 5. The Balaban J connectivity index is 1.59. The Kier molecular flexibility index (Phi) is 4.72. The SMILES string of the molecule is CN(CC(=O)NCc1ccco1)Cc1nc2ccccc2c(=O)[nH]1. The number of aromatic amines is 1. The zero-order chi connectivity index (χ0) is 16.9. The van der Waals surface area contributed by atoms with Gasteiger partial charge in [0.2, 0.25) is 5.91 Å². The third-order valence-corrected chi connectivity index (χ3v) is 3.54. The van der Waals surface area contributed by atoms with E-state index in [0.717, 1.165) is 0 Å². The van der Waals surface area contributed by atoms with Crippen LogP contribution in [0.2, 0.25) is 0 Å². The van der Waals surface area contributed by atoms with Crippen LogP contribution in [0.3, 0.4) is 0 Å². The third-order valence-electron chi connectivity index (χ3n) is 3.54. The van der Waals surface area contributed by atoms with E-state index in [1.807, 2.05) is 6.07 Å². The van der Waals surface area contributed by atoms with E-state index < -0.39 is 0 Å². The zero-order valence-corrected chi connectivity index (χ0v) is 13.3. The maximum atomic E-state index is 12.0. The summed E-state index contributed by atoms with van der Waals surface area (Å²) in [5.41, 5.74) is 0.471. The van der Waals surface area contributed by atoms with Crippen LogP contribution in [0.15, 0.2) is 51.9 Å². The first-order valence-corrected chi connectivity index (χ1v) is 7.57. The number of rotatable bonds is 6. The van der Waals surface area contributed by atoms with Gasteiger partial charge in [-0.1, -0.05) is 12.1 Å². The number of para-hydroxylation sites is 1. The molecule has 124 valence electrons. The van der Waals surface area contributed by atoms with Gasteiger partial charge in [0.25, 0.3) is 5.56 Å². The first-order valence-electron chi connectivity index (χ1n) is 7.57. The minimum absolute atomic E-state index is 0.128. The molecule has 0 saturated carbocycles. The maximum absolute atomic E-state index is 12.0. The van der Waals surface area contributed by atoms with Gasteiger partial charge in [-0.2, -0.15) is 0 Å². The van der Waals surface area contributed by atoms with Gasteiger partial charge in [0.05, 0.1) is 36.8 Å². The molecule has 3 aromatic rings. The Morgan fingerprint density at radius 1 is 1.29 bits per heavy atom. The van der Waals surface area contributed by atoms with Gasteiger partial charge in [-0.25, -0.2) is 4.98 Å². The number of nitrogens with one attached hydrogen (secondary N) is 2. The monoisotopic (exact) mass is 326 g/mol. The van der Waals surface area contributed by atoms with E-state index in [1.54, 1.807) is 48.5 Å². The molecule has 1 amide bonds. The van der Waals surface area contributed by atoms with Crippen molar-refractivity contribution in [3.05, 3.63) is 64.6 Å². The average molecular weight is 326 g/mol. The van der Waals surface area contributed by atoms with Crippen molar-refractivity contribution in [2.75, 3.05) is 13.6 Å². The molecule has 2 heterocycles. The van der Waals surface area contributed by atoms with Crippen molar-refractivity contribution in [2.24, 2.45) is 0 Å². The van der Waals surface area contributed by atoms with Gasteiger partial charge in [-0.3, -0.25) is 14.5 Å². The molecule has 7 nitrogen and oxygen atoms in total. The highest BCUT2D eigenvalue weighted by molar-refractivity contribution is 5.78. The van der Waals surface area contributed by atoms with Crippen molar-refractivity contribution in [1.82, 2.24) is 20.2 Å². The van der Waals surface area contributed by atoms with E-state index in [4.69, 9.17) is 4.42 Å². The minimum atomic E-state index is -0.175. The van der Waals surface area contributed by atoms with E-state index in [-0.39, 0.29) is 18.0 Å². The molecule has 0 spiro atoms. The summed E-state index contributed by atoms with van der Waals surface area (Å²) in [6.07, 6.45) is 1.56. The molecule has 0 fully saturated rings. The number of carbonyl (C=O) groups is 1. The van der Waals surface area contributed by atoms with Crippen LogP contribution in [0.1, 0.15) is 11.6 Å². The molecule has 0 bridgehead atoms. The molecule has 0 unspecified atom stereocenters. The van der Waals surface area contributed by atoms with Crippen molar-refractivity contribution in [3.63, 3.8) is 0 Å². The Morgan fingerprint density at radius 3 is 2.92 bits per heavy atom. The van der Waals surface area contributed by atoms with Crippen molar-refractivity contribution in [1.29, 1.82) is 0 Å². The standard InChI is InChI=1S/C17H18N4O3/c1-21(11-16(22)18-9-12-5-4-8-24-12)10-15-19-14-7-3-2-6-13(14)17(23)20-15/h2-8H,9-11H2,1H3,(H,18,22)(H,19,20,23). The van der Waals surface area contributed by atoms with Gasteiger partial charge in [0.15, 0.2) is 0 Å². The fourth-order valence-corrected chi connectivity index (χ4v) is 2.42. The van der Waals surface area contributed by atoms with Crippen molar-refractivity contribution in [2.45, 2.75) is 13.1 Å². The molecule has 0 saturated heterocycles. The maximum Gasteiger partial charge on any atom is 0.258 e. The summed E-state index contributed by atoms with van der Waals surface area (Å²) in [5, 5.41) is 3.33. The highest BCUT2D eigenvalue weighted by atomic mass is 16.3. The molecule has 0 aliphatic carbocycles. The molecule has 3 rings (SSSR count). The average Bonchev–Trinajstić information content (AvgIpc) is 3.06. The molecular formula is C17H18N4O3. The van der Waals surface area contributed by atoms with Gasteiger partial charge in [0.1, 0.15) is 11.6 Å². The van der Waals surface area contributed by atoms with Crippen LogP contribution >= 0.6 is 0 Å². The van der Waals surface area contributed by atoms with Gasteiger partial charge in [-0.15, -0.1) is 0 Å². The van der Waals surface area contributed by atoms with Crippen molar-refractivity contribution < 1.29 is 9.21 Å². The molecule has 1 aromatic carbocycles. The Hall–Kier alpha value is -2.93. The van der Waals surface area contributed by atoms with E-state index >= 15 is 0 Å². The molecular weight excluding hydrogens is 308 g/mol. The summed E-state index contributed by atoms with van der Waals surface area (Å²) in [6, 6.07) is 10.7. The lowest BCUT2D eigenvalue weighted by Gasteiger charge is -2.15. The molecule has 2 N–H and O–H groups in total. The summed E-state index contributed by atoms with van der Waals surface area (Å²) in [7, 11) is 1.79. The second-order valence-corrected chi connectivity index (χ2v) is 5.56. The van der Waals surface area contributed by atoms with Crippen molar-refractivity contribution in [3.8, 4) is 0 Å². The van der Waals surface area contributed by atoms with E-state index in [1.165, 1.54) is 0 Å². The topological polar surface area (TPSA) is 91.2 Å². The quantitative estimate of drug-likeness (QED) is 0.712. The number of fused-ring (bicyclic) bond motifs is 1. The van der Waals surface area contributed by atoms with Crippen LogP contribution in [0.25, 0.3) is 10.9 Å². The van der Waals surface area contributed by atoms with Crippen LogP contribution in [-0.2, 0) is 17.9 Å². The number of amides is 1. The van der Waals surface area contributed by atoms with E-state index in [9.17, 15) is 9.59 Å². The number of hydrogen-bond donors (Lipinski definition) is 2. The van der Waals surface area contributed by atoms with E-state index in [2.05, 4.69) is 15.3 Å². The van der Waals surface area contributed by atoms with Gasteiger partial charge in [-0.05, 0) is 31.3 Å². The largest absolute Gasteiger partial charge is 0.467 e. The highest BCUT2D eigenvalue weighted by Crippen LogP contribution is 2.06. The number of aromatic nitrogens is 2. The number of carbonyl (C=O) groups excluding carboxylic acids is 1. The minimum Gasteiger partial charge on any atom is -0.467 e. The van der Waals surface area contributed by atoms with Gasteiger partial charge < -0.3 is 14.7 Å². The predicted octanol–water partition coefficient (Wildman–Crippen LogP) is 1.26. The van der Waals surface area contributed by atoms with E-state index in [0.29, 0.717) is 35.6 Å². The second-order valence-electron chi connectivity index (χ2n) is 5.56. The van der Waals surface area contributed by atoms with Crippen LogP contribution in [0, 0.1) is 0 Å². The van der Waals surface area contributed by atoms with Crippen LogP contribution in [0.5, 0.6) is 0 Å². The summed E-state index contributed by atoms with van der Waals surface area (Å²) in [6.45, 7) is 0.913. The molecule has 0 aliphatic rings. The van der Waals surface area contributed by atoms with Gasteiger partial charge >= 0.3 is 0 Å². The Bertz CT molecular complexity index is 886. The summed E-state index contributed by atoms with van der Waals surface area (Å²) >= 11 is 0. The number of nitrogens with zero attached hydrogens (tertiary/aromatic N) is 2. The van der Waals surface area contributed by atoms with Gasteiger partial charge in [0, 0.05) is 0 Å². The second kappa shape index (κ2) is 7.10. The highest BCUT2D eigenvalue weighted by Gasteiger charge is 2.10. The van der Waals surface area contributed by atoms with Crippen molar-refractivity contribution >= 4 is 16.8 Å². The lowest BCUT2D eigenvalue weighted by atomic mass is 10.2. The fourth-order valence-electron chi connectivity index (χ4n) is 2.42. The number of likely N-dealkylation sites (N-methyl/N-ethyl adjacent to an activating group) is 1. The Labute approximate surface area is 138 Å². The first kappa shape index (κ1) is 15.9. The molecule has 7 heteroatoms. The normalized spacial score (nSPS) is 11.1. The third kappa shape index (κ3) is 3.88. The predicted molar refractivity (Wildman–Crippen MR) is 89.3 cm³/mol. The number of furan rings is 1. The molecule has 0 atom stereocenters. The number of benzene rings is 1. The zero-order valence-electron chi connectivity index (χ0n) is 13.3. The van der Waals surface area contributed by atoms with Crippen LogP contribution < -0.4 is 10.9 Å².